The molecule has 1 fully saturated rings. The van der Waals surface area contributed by atoms with Crippen LogP contribution in [-0.4, -0.2) is 44.0 Å². The highest BCUT2D eigenvalue weighted by molar-refractivity contribution is 7.99. The minimum absolute atomic E-state index is 0.0883. The highest BCUT2D eigenvalue weighted by Crippen LogP contribution is 2.31. The fourth-order valence-electron chi connectivity index (χ4n) is 3.96. The number of nitrogens with zero attached hydrogens (tertiary/aromatic N) is 3. The zero-order chi connectivity index (χ0) is 21.2. The lowest BCUT2D eigenvalue weighted by atomic mass is 10.1. The number of rotatable bonds is 7. The SMILES string of the molecule is Cc1ccc(C(=O)CSc2nnc(-c3c[nH]c4ccccc34)n2CC2CCCO2)cc1. The van der Waals surface area contributed by atoms with E-state index in [2.05, 4.69) is 31.9 Å². The lowest BCUT2D eigenvalue weighted by molar-refractivity contribution is 0.0953. The van der Waals surface area contributed by atoms with Crippen molar-refractivity contribution in [2.75, 3.05) is 12.4 Å². The predicted molar refractivity (Wildman–Crippen MR) is 123 cm³/mol. The Kier molecular flexibility index (Phi) is 5.61. The molecule has 1 atom stereocenters. The van der Waals surface area contributed by atoms with Gasteiger partial charge in [0.1, 0.15) is 0 Å². The second-order valence-electron chi connectivity index (χ2n) is 7.88. The van der Waals surface area contributed by atoms with E-state index in [1.807, 2.05) is 49.5 Å². The van der Waals surface area contributed by atoms with Crippen LogP contribution in [0.2, 0.25) is 0 Å². The molecule has 6 nitrogen and oxygen atoms in total. The first-order valence-electron chi connectivity index (χ1n) is 10.5. The van der Waals surface area contributed by atoms with Crippen molar-refractivity contribution in [3.63, 3.8) is 0 Å². The number of benzene rings is 2. The van der Waals surface area contributed by atoms with E-state index in [-0.39, 0.29) is 11.9 Å². The second-order valence-corrected chi connectivity index (χ2v) is 8.82. The van der Waals surface area contributed by atoms with E-state index in [0.29, 0.717) is 12.3 Å². The number of thioether (sulfide) groups is 1. The molecule has 3 heterocycles. The molecule has 1 unspecified atom stereocenters. The first kappa shape index (κ1) is 20.0. The summed E-state index contributed by atoms with van der Waals surface area (Å²) in [5.41, 5.74) is 3.94. The summed E-state index contributed by atoms with van der Waals surface area (Å²) in [5, 5.41) is 10.8. The third-order valence-electron chi connectivity index (χ3n) is 5.66. The van der Waals surface area contributed by atoms with E-state index in [1.165, 1.54) is 11.8 Å². The van der Waals surface area contributed by atoms with Crippen LogP contribution in [0, 0.1) is 6.92 Å². The maximum Gasteiger partial charge on any atom is 0.192 e. The Morgan fingerprint density at radius 2 is 2.03 bits per heavy atom. The number of carbonyl (C=O) groups is 1. The van der Waals surface area contributed by atoms with E-state index in [1.54, 1.807) is 0 Å². The average Bonchev–Trinajstić information content (AvgIpc) is 3.53. The molecule has 0 radical (unpaired) electrons. The van der Waals surface area contributed by atoms with Gasteiger partial charge in [0.15, 0.2) is 16.8 Å². The normalized spacial score (nSPS) is 16.2. The largest absolute Gasteiger partial charge is 0.376 e. The fraction of sp³-hybridized carbons (Fsp3) is 0.292. The number of Topliss-reactive ketones (excluding diaryl/α,β-unsaturated/α-hetero) is 1. The molecule has 0 amide bonds. The van der Waals surface area contributed by atoms with Gasteiger partial charge in [-0.2, -0.15) is 0 Å². The molecule has 7 heteroatoms. The van der Waals surface area contributed by atoms with Crippen LogP contribution in [-0.2, 0) is 11.3 Å². The Hall–Kier alpha value is -2.90. The zero-order valence-electron chi connectivity index (χ0n) is 17.4. The van der Waals surface area contributed by atoms with Crippen LogP contribution in [0.5, 0.6) is 0 Å². The van der Waals surface area contributed by atoms with Crippen LogP contribution in [0.15, 0.2) is 59.9 Å². The minimum atomic E-state index is 0.0883. The number of aromatic amines is 1. The fourth-order valence-corrected chi connectivity index (χ4v) is 4.80. The number of aryl methyl sites for hydroxylation is 1. The number of ketones is 1. The Morgan fingerprint density at radius 3 is 2.84 bits per heavy atom. The van der Waals surface area contributed by atoms with Crippen LogP contribution in [0.4, 0.5) is 0 Å². The van der Waals surface area contributed by atoms with E-state index in [4.69, 9.17) is 4.74 Å². The van der Waals surface area contributed by atoms with Gasteiger partial charge >= 0.3 is 0 Å². The van der Waals surface area contributed by atoms with Crippen LogP contribution in [0.3, 0.4) is 0 Å². The van der Waals surface area contributed by atoms with Gasteiger partial charge in [-0.15, -0.1) is 10.2 Å². The van der Waals surface area contributed by atoms with Gasteiger partial charge in [0.2, 0.25) is 0 Å². The van der Waals surface area contributed by atoms with Crippen molar-refractivity contribution >= 4 is 28.4 Å². The summed E-state index contributed by atoms with van der Waals surface area (Å²) in [5.74, 6) is 1.21. The van der Waals surface area contributed by atoms with Gasteiger partial charge in [-0.1, -0.05) is 59.8 Å². The lowest BCUT2D eigenvalue weighted by Gasteiger charge is -2.14. The summed E-state index contributed by atoms with van der Waals surface area (Å²) in [6.45, 7) is 3.50. The Morgan fingerprint density at radius 1 is 1.19 bits per heavy atom. The first-order valence-corrected chi connectivity index (χ1v) is 11.5. The highest BCUT2D eigenvalue weighted by Gasteiger charge is 2.23. The molecule has 2 aromatic heterocycles. The van der Waals surface area contributed by atoms with Gasteiger partial charge < -0.3 is 9.72 Å². The summed E-state index contributed by atoms with van der Waals surface area (Å²) in [7, 11) is 0. The molecule has 5 rings (SSSR count). The quantitative estimate of drug-likeness (QED) is 0.333. The average molecular weight is 433 g/mol. The summed E-state index contributed by atoms with van der Waals surface area (Å²) in [6.07, 6.45) is 4.22. The number of fused-ring (bicyclic) bond motifs is 1. The molecule has 0 aliphatic carbocycles. The van der Waals surface area contributed by atoms with E-state index in [9.17, 15) is 4.79 Å². The minimum Gasteiger partial charge on any atom is -0.376 e. The van der Waals surface area contributed by atoms with Gasteiger partial charge in [-0.05, 0) is 25.8 Å². The Labute approximate surface area is 185 Å². The Bertz CT molecular complexity index is 1210. The van der Waals surface area contributed by atoms with Gasteiger partial charge in [0.05, 0.1) is 18.4 Å². The lowest BCUT2D eigenvalue weighted by Crippen LogP contribution is -2.17. The summed E-state index contributed by atoms with van der Waals surface area (Å²) < 4.78 is 8.00. The second kappa shape index (κ2) is 8.69. The van der Waals surface area contributed by atoms with Crippen molar-refractivity contribution in [3.8, 4) is 11.4 Å². The topological polar surface area (TPSA) is 72.8 Å². The van der Waals surface area contributed by atoms with Gasteiger partial charge in [-0.25, -0.2) is 0 Å². The molecule has 158 valence electrons. The third kappa shape index (κ3) is 4.16. The van der Waals surface area contributed by atoms with Crippen molar-refractivity contribution in [1.82, 2.24) is 19.7 Å². The van der Waals surface area contributed by atoms with E-state index < -0.39 is 0 Å². The molecule has 1 aliphatic rings. The molecular formula is C24H24N4O2S. The van der Waals surface area contributed by atoms with Crippen LogP contribution in [0.1, 0.15) is 28.8 Å². The Balaban J connectivity index is 1.44. The predicted octanol–water partition coefficient (Wildman–Crippen LogP) is 4.89. The van der Waals surface area contributed by atoms with Crippen LogP contribution < -0.4 is 0 Å². The number of aromatic nitrogens is 4. The number of carbonyl (C=O) groups excluding carboxylic acids is 1. The molecular weight excluding hydrogens is 408 g/mol. The maximum atomic E-state index is 12.7. The van der Waals surface area contributed by atoms with Crippen molar-refractivity contribution in [3.05, 3.63) is 65.9 Å². The highest BCUT2D eigenvalue weighted by atomic mass is 32.2. The molecule has 2 aromatic carbocycles. The van der Waals surface area contributed by atoms with Crippen LogP contribution in [0.25, 0.3) is 22.3 Å². The maximum absolute atomic E-state index is 12.7. The summed E-state index contributed by atoms with van der Waals surface area (Å²) in [6, 6.07) is 15.9. The third-order valence-corrected chi connectivity index (χ3v) is 6.63. The summed E-state index contributed by atoms with van der Waals surface area (Å²) >= 11 is 1.44. The molecule has 0 spiro atoms. The number of nitrogens with one attached hydrogen (secondary N) is 1. The number of hydrogen-bond donors (Lipinski definition) is 1. The van der Waals surface area contributed by atoms with Crippen molar-refractivity contribution in [2.24, 2.45) is 0 Å². The van der Waals surface area contributed by atoms with E-state index >= 15 is 0 Å². The van der Waals surface area contributed by atoms with Gasteiger partial charge in [0, 0.05) is 34.8 Å². The van der Waals surface area contributed by atoms with Gasteiger partial charge in [-0.3, -0.25) is 9.36 Å². The van der Waals surface area contributed by atoms with E-state index in [0.717, 1.165) is 58.0 Å². The standard InChI is InChI=1S/C24H24N4O2S/c1-16-8-10-17(11-9-16)22(29)15-31-24-27-26-23(28(24)14-18-5-4-12-30-18)20-13-25-21-7-3-2-6-19(20)21/h2-3,6-11,13,18,25H,4-5,12,14-15H2,1H3. The summed E-state index contributed by atoms with van der Waals surface area (Å²) in [4.78, 5) is 16.0. The first-order chi connectivity index (χ1) is 15.2. The van der Waals surface area contributed by atoms with Crippen LogP contribution >= 0.6 is 11.8 Å². The number of hydrogen-bond acceptors (Lipinski definition) is 5. The zero-order valence-corrected chi connectivity index (χ0v) is 18.2. The van der Waals surface area contributed by atoms with Crippen molar-refractivity contribution in [1.29, 1.82) is 0 Å². The molecule has 1 aliphatic heterocycles. The van der Waals surface area contributed by atoms with Gasteiger partial charge in [0.25, 0.3) is 0 Å². The molecule has 0 saturated carbocycles. The number of para-hydroxylation sites is 1. The van der Waals surface area contributed by atoms with Crippen molar-refractivity contribution < 1.29 is 9.53 Å². The number of ether oxygens (including phenoxy) is 1. The number of H-pyrrole nitrogens is 1. The molecule has 4 aromatic rings. The molecule has 1 saturated heterocycles. The molecule has 31 heavy (non-hydrogen) atoms. The molecule has 1 N–H and O–H groups in total. The van der Waals surface area contributed by atoms with Crippen molar-refractivity contribution in [2.45, 2.75) is 37.6 Å². The monoisotopic (exact) mass is 432 g/mol. The smallest absolute Gasteiger partial charge is 0.192 e. The molecule has 0 bridgehead atoms.